The fourth-order valence-electron chi connectivity index (χ4n) is 1.81. The zero-order valence-electron chi connectivity index (χ0n) is 11.5. The van der Waals surface area contributed by atoms with Gasteiger partial charge >= 0.3 is 0 Å². The highest BCUT2D eigenvalue weighted by Gasteiger charge is 2.17. The lowest BCUT2D eigenvalue weighted by atomic mass is 10.3. The second-order valence-electron chi connectivity index (χ2n) is 4.37. The highest BCUT2D eigenvalue weighted by molar-refractivity contribution is 5.29. The van der Waals surface area contributed by atoms with Gasteiger partial charge in [0.05, 0.1) is 0 Å². The van der Waals surface area contributed by atoms with Gasteiger partial charge in [0.1, 0.15) is 0 Å². The largest absolute Gasteiger partial charge is 0.338 e. The molecule has 2 heterocycles. The van der Waals surface area contributed by atoms with Gasteiger partial charge in [0.25, 0.3) is 0 Å². The van der Waals surface area contributed by atoms with Gasteiger partial charge < -0.3 is 10.6 Å². The van der Waals surface area contributed by atoms with Crippen LogP contribution in [0.1, 0.15) is 20.3 Å². The number of rotatable bonds is 3. The lowest BCUT2D eigenvalue weighted by Crippen LogP contribution is -2.48. The van der Waals surface area contributed by atoms with Gasteiger partial charge in [-0.3, -0.25) is 4.90 Å². The Kier molecular flexibility index (Phi) is 7.29. The third-order valence-electron chi connectivity index (χ3n) is 2.65. The van der Waals surface area contributed by atoms with Crippen LogP contribution in [0.5, 0.6) is 0 Å². The van der Waals surface area contributed by atoms with Gasteiger partial charge in [0, 0.05) is 51.7 Å². The number of nitrogens with two attached hydrogens (primary N) is 1. The van der Waals surface area contributed by atoms with Crippen molar-refractivity contribution in [1.29, 1.82) is 0 Å². The van der Waals surface area contributed by atoms with Crippen LogP contribution in [0.15, 0.2) is 18.5 Å². The van der Waals surface area contributed by atoms with Crippen LogP contribution in [-0.2, 0) is 0 Å². The van der Waals surface area contributed by atoms with Crippen LogP contribution in [-0.4, -0.2) is 54.1 Å². The molecular formula is C13H25N5. The summed E-state index contributed by atoms with van der Waals surface area (Å²) in [5, 5.41) is 0. The van der Waals surface area contributed by atoms with E-state index in [-0.39, 0.29) is 0 Å². The van der Waals surface area contributed by atoms with Gasteiger partial charge in [-0.05, 0) is 6.07 Å². The third kappa shape index (κ3) is 4.98. The van der Waals surface area contributed by atoms with Crippen molar-refractivity contribution in [3.8, 4) is 0 Å². The monoisotopic (exact) mass is 251 g/mol. The van der Waals surface area contributed by atoms with Gasteiger partial charge in [0.2, 0.25) is 5.95 Å². The Hall–Kier alpha value is -1.20. The highest BCUT2D eigenvalue weighted by Crippen LogP contribution is 2.08. The third-order valence-corrected chi connectivity index (χ3v) is 2.65. The molecule has 0 aliphatic carbocycles. The fourth-order valence-corrected chi connectivity index (χ4v) is 1.81. The molecule has 0 saturated carbocycles. The van der Waals surface area contributed by atoms with Crippen molar-refractivity contribution in [2.24, 2.45) is 5.73 Å². The van der Waals surface area contributed by atoms with E-state index in [1.807, 2.05) is 6.07 Å². The molecule has 0 atom stereocenters. The summed E-state index contributed by atoms with van der Waals surface area (Å²) in [4.78, 5) is 13.1. The Morgan fingerprint density at radius 2 is 1.67 bits per heavy atom. The molecule has 2 N–H and O–H groups in total. The van der Waals surface area contributed by atoms with Crippen molar-refractivity contribution in [1.82, 2.24) is 14.9 Å². The molecule has 0 aromatic carbocycles. The molecule has 0 bridgehead atoms. The van der Waals surface area contributed by atoms with Crippen molar-refractivity contribution in [2.75, 3.05) is 44.2 Å². The molecule has 1 saturated heterocycles. The van der Waals surface area contributed by atoms with Crippen molar-refractivity contribution in [3.63, 3.8) is 0 Å². The molecule has 1 aromatic heterocycles. The highest BCUT2D eigenvalue weighted by atomic mass is 15.3. The maximum absolute atomic E-state index is 5.53. The van der Waals surface area contributed by atoms with Crippen molar-refractivity contribution in [2.45, 2.75) is 20.3 Å². The van der Waals surface area contributed by atoms with Crippen molar-refractivity contribution >= 4 is 5.95 Å². The summed E-state index contributed by atoms with van der Waals surface area (Å²) in [6.07, 6.45) is 4.82. The molecule has 102 valence electrons. The Morgan fingerprint density at radius 3 is 2.17 bits per heavy atom. The SMILES string of the molecule is CCC.NCCN1CCN(c2ncccn2)CC1. The van der Waals surface area contributed by atoms with Gasteiger partial charge in [0.15, 0.2) is 0 Å². The van der Waals surface area contributed by atoms with Crippen LogP contribution in [0.25, 0.3) is 0 Å². The maximum atomic E-state index is 5.53. The smallest absolute Gasteiger partial charge is 0.225 e. The Balaban J connectivity index is 0.000000492. The molecule has 1 aliphatic heterocycles. The van der Waals surface area contributed by atoms with Gasteiger partial charge in [-0.15, -0.1) is 0 Å². The van der Waals surface area contributed by atoms with E-state index in [9.17, 15) is 0 Å². The first-order valence-electron chi connectivity index (χ1n) is 6.76. The quantitative estimate of drug-likeness (QED) is 0.867. The summed E-state index contributed by atoms with van der Waals surface area (Å²) in [5.41, 5.74) is 5.53. The number of piperazine rings is 1. The van der Waals surface area contributed by atoms with Gasteiger partial charge in [-0.1, -0.05) is 20.3 Å². The van der Waals surface area contributed by atoms with E-state index in [4.69, 9.17) is 5.73 Å². The molecule has 0 amide bonds. The number of anilines is 1. The van der Waals surface area contributed by atoms with Crippen LogP contribution >= 0.6 is 0 Å². The van der Waals surface area contributed by atoms with E-state index in [0.717, 1.165) is 45.2 Å². The zero-order valence-corrected chi connectivity index (χ0v) is 11.5. The Labute approximate surface area is 110 Å². The fraction of sp³-hybridized carbons (Fsp3) is 0.692. The van der Waals surface area contributed by atoms with Crippen LogP contribution in [0.4, 0.5) is 5.95 Å². The summed E-state index contributed by atoms with van der Waals surface area (Å²) >= 11 is 0. The second-order valence-corrected chi connectivity index (χ2v) is 4.37. The van der Waals surface area contributed by atoms with Gasteiger partial charge in [-0.2, -0.15) is 0 Å². The van der Waals surface area contributed by atoms with E-state index in [0.29, 0.717) is 0 Å². The first kappa shape index (κ1) is 14.9. The predicted octanol–water partition coefficient (Wildman–Crippen LogP) is 0.974. The summed E-state index contributed by atoms with van der Waals surface area (Å²) < 4.78 is 0. The summed E-state index contributed by atoms with van der Waals surface area (Å²) in [6, 6.07) is 1.84. The number of hydrogen-bond acceptors (Lipinski definition) is 5. The predicted molar refractivity (Wildman–Crippen MR) is 75.7 cm³/mol. The Bertz CT molecular complexity index is 296. The van der Waals surface area contributed by atoms with E-state index in [2.05, 4.69) is 33.6 Å². The standard InChI is InChI=1S/C10H17N5.C3H8/c11-2-5-14-6-8-15(9-7-14)10-12-3-1-4-13-10;1-3-2/h1,3-4H,2,5-9,11H2;3H2,1-2H3. The van der Waals surface area contributed by atoms with Gasteiger partial charge in [-0.25, -0.2) is 9.97 Å². The first-order chi connectivity index (χ1) is 8.81. The molecule has 5 heteroatoms. The average molecular weight is 251 g/mol. The van der Waals surface area contributed by atoms with Crippen molar-refractivity contribution < 1.29 is 0 Å². The number of aromatic nitrogens is 2. The molecule has 1 aliphatic rings. The van der Waals surface area contributed by atoms with Crippen LogP contribution in [0, 0.1) is 0 Å². The normalized spacial score (nSPS) is 16.1. The minimum absolute atomic E-state index is 0.738. The first-order valence-corrected chi connectivity index (χ1v) is 6.76. The lowest BCUT2D eigenvalue weighted by molar-refractivity contribution is 0.263. The maximum Gasteiger partial charge on any atom is 0.225 e. The number of hydrogen-bond donors (Lipinski definition) is 1. The molecule has 5 nitrogen and oxygen atoms in total. The van der Waals surface area contributed by atoms with Crippen LogP contribution < -0.4 is 10.6 Å². The summed E-state index contributed by atoms with van der Waals surface area (Å²) in [6.45, 7) is 10.1. The molecule has 0 radical (unpaired) electrons. The second kappa shape index (κ2) is 8.83. The minimum atomic E-state index is 0.738. The van der Waals surface area contributed by atoms with E-state index < -0.39 is 0 Å². The Morgan fingerprint density at radius 1 is 1.11 bits per heavy atom. The topological polar surface area (TPSA) is 58.3 Å². The molecule has 18 heavy (non-hydrogen) atoms. The number of nitrogens with zero attached hydrogens (tertiary/aromatic N) is 4. The van der Waals surface area contributed by atoms with Crippen molar-refractivity contribution in [3.05, 3.63) is 18.5 Å². The van der Waals surface area contributed by atoms with E-state index in [1.165, 1.54) is 6.42 Å². The summed E-state index contributed by atoms with van der Waals surface area (Å²) in [7, 11) is 0. The minimum Gasteiger partial charge on any atom is -0.338 e. The molecule has 2 rings (SSSR count). The van der Waals surface area contributed by atoms with Crippen LogP contribution in [0.3, 0.4) is 0 Å². The molecule has 0 unspecified atom stereocenters. The van der Waals surface area contributed by atoms with Crippen LogP contribution in [0.2, 0.25) is 0 Å². The summed E-state index contributed by atoms with van der Waals surface area (Å²) in [5.74, 6) is 0.838. The zero-order chi connectivity index (χ0) is 13.2. The molecule has 1 fully saturated rings. The van der Waals surface area contributed by atoms with E-state index >= 15 is 0 Å². The molecule has 1 aromatic rings. The molecular weight excluding hydrogens is 226 g/mol. The lowest BCUT2D eigenvalue weighted by Gasteiger charge is -2.34. The average Bonchev–Trinajstić information content (AvgIpc) is 2.42. The molecule has 0 spiro atoms. The van der Waals surface area contributed by atoms with E-state index in [1.54, 1.807) is 12.4 Å².